The average molecular weight is 419 g/mol. The molecule has 0 atom stereocenters. The van der Waals surface area contributed by atoms with Gasteiger partial charge in [-0.05, 0) is 48.5 Å². The Hall–Kier alpha value is -2.68. The van der Waals surface area contributed by atoms with Crippen LogP contribution in [0, 0.1) is 0 Å². The lowest BCUT2D eigenvalue weighted by atomic mass is 10.0. The maximum atomic E-state index is 13.0. The second-order valence-corrected chi connectivity index (χ2v) is 8.74. The first-order valence-corrected chi connectivity index (χ1v) is 10.2. The van der Waals surface area contributed by atoms with Crippen molar-refractivity contribution in [1.29, 1.82) is 0 Å². The third-order valence-corrected chi connectivity index (χ3v) is 6.76. The first-order valence-electron chi connectivity index (χ1n) is 8.43. The lowest BCUT2D eigenvalue weighted by molar-refractivity contribution is 0.0696. The number of aromatic nitrogens is 1. The first kappa shape index (κ1) is 18.7. The molecule has 0 unspecified atom stereocenters. The minimum Gasteiger partial charge on any atom is -0.478 e. The number of nitrogens with zero attached hydrogens (tertiary/aromatic N) is 2. The summed E-state index contributed by atoms with van der Waals surface area (Å²) in [5.41, 5.74) is 2.25. The molecule has 0 saturated carbocycles. The van der Waals surface area contributed by atoms with Gasteiger partial charge in [0.05, 0.1) is 16.2 Å². The largest absolute Gasteiger partial charge is 0.478 e. The van der Waals surface area contributed by atoms with E-state index in [4.69, 9.17) is 21.2 Å². The molecule has 28 heavy (non-hydrogen) atoms. The Morgan fingerprint density at radius 2 is 1.79 bits per heavy atom. The number of fused-ring (bicyclic) bond motifs is 1. The summed E-state index contributed by atoms with van der Waals surface area (Å²) in [4.78, 5) is 11.0. The van der Waals surface area contributed by atoms with E-state index in [-0.39, 0.29) is 23.5 Å². The SMILES string of the molecule is O=C(O)c1ccc(S(=O)(=O)N2CCc3noc(-c4ccc(Cl)cc4)c3C2)cc1. The van der Waals surface area contributed by atoms with Gasteiger partial charge in [0.1, 0.15) is 0 Å². The van der Waals surface area contributed by atoms with Crippen LogP contribution in [-0.2, 0) is 23.0 Å². The second-order valence-electron chi connectivity index (χ2n) is 6.36. The van der Waals surface area contributed by atoms with E-state index in [0.717, 1.165) is 16.8 Å². The zero-order valence-electron chi connectivity index (χ0n) is 14.5. The minimum absolute atomic E-state index is 0.0314. The van der Waals surface area contributed by atoms with E-state index < -0.39 is 16.0 Å². The van der Waals surface area contributed by atoms with Gasteiger partial charge in [-0.3, -0.25) is 0 Å². The first-order chi connectivity index (χ1) is 13.4. The van der Waals surface area contributed by atoms with Crippen molar-refractivity contribution < 1.29 is 22.8 Å². The fourth-order valence-corrected chi connectivity index (χ4v) is 4.67. The number of rotatable bonds is 4. The van der Waals surface area contributed by atoms with Crippen LogP contribution in [0.3, 0.4) is 0 Å². The van der Waals surface area contributed by atoms with E-state index in [2.05, 4.69) is 5.16 Å². The quantitative estimate of drug-likeness (QED) is 0.696. The number of aromatic carboxylic acids is 1. The number of carboxylic acid groups (broad SMARTS) is 1. The fraction of sp³-hybridized carbons (Fsp3) is 0.158. The standard InChI is InChI=1S/C19H15ClN2O5S/c20-14-5-1-12(2-6-14)18-16-11-22(10-9-17(16)21-27-18)28(25,26)15-7-3-13(4-8-15)19(23)24/h1-8H,9-11H2,(H,23,24). The van der Waals surface area contributed by atoms with Crippen molar-refractivity contribution in [3.05, 3.63) is 70.4 Å². The predicted molar refractivity (Wildman–Crippen MR) is 102 cm³/mol. The average Bonchev–Trinajstić information content (AvgIpc) is 3.12. The normalized spacial score (nSPS) is 14.6. The summed E-state index contributed by atoms with van der Waals surface area (Å²) < 4.78 is 32.8. The van der Waals surface area contributed by atoms with E-state index in [1.165, 1.54) is 28.6 Å². The van der Waals surface area contributed by atoms with E-state index in [0.29, 0.717) is 17.2 Å². The number of sulfonamides is 1. The zero-order valence-corrected chi connectivity index (χ0v) is 16.1. The Bertz CT molecular complexity index is 1140. The summed E-state index contributed by atoms with van der Waals surface area (Å²) in [7, 11) is -3.78. The van der Waals surface area contributed by atoms with Crippen LogP contribution in [-0.4, -0.2) is 35.5 Å². The van der Waals surface area contributed by atoms with Gasteiger partial charge >= 0.3 is 5.97 Å². The molecule has 0 saturated heterocycles. The van der Waals surface area contributed by atoms with Crippen molar-refractivity contribution in [3.8, 4) is 11.3 Å². The van der Waals surface area contributed by atoms with E-state index in [1.807, 2.05) is 0 Å². The summed E-state index contributed by atoms with van der Waals surface area (Å²) in [6.45, 7) is 0.391. The molecule has 0 amide bonds. The summed E-state index contributed by atoms with van der Waals surface area (Å²) in [6.07, 6.45) is 0.429. The molecule has 0 fully saturated rings. The third kappa shape index (κ3) is 3.30. The van der Waals surface area contributed by atoms with Crippen molar-refractivity contribution in [2.75, 3.05) is 6.54 Å². The molecule has 0 spiro atoms. The summed E-state index contributed by atoms with van der Waals surface area (Å²) >= 11 is 5.93. The van der Waals surface area contributed by atoms with Crippen LogP contribution < -0.4 is 0 Å². The topological polar surface area (TPSA) is 101 Å². The van der Waals surface area contributed by atoms with Crippen molar-refractivity contribution in [3.63, 3.8) is 0 Å². The van der Waals surface area contributed by atoms with Gasteiger partial charge in [-0.1, -0.05) is 16.8 Å². The number of hydrogen-bond donors (Lipinski definition) is 1. The highest BCUT2D eigenvalue weighted by molar-refractivity contribution is 7.89. The van der Waals surface area contributed by atoms with Crippen LogP contribution in [0.1, 0.15) is 21.6 Å². The number of benzene rings is 2. The molecular weight excluding hydrogens is 404 g/mol. The van der Waals surface area contributed by atoms with Gasteiger partial charge in [0, 0.05) is 35.7 Å². The molecule has 0 aliphatic carbocycles. The number of hydrogen-bond acceptors (Lipinski definition) is 5. The number of halogens is 1. The van der Waals surface area contributed by atoms with Crippen LogP contribution >= 0.6 is 11.6 Å². The monoisotopic (exact) mass is 418 g/mol. The summed E-state index contributed by atoms with van der Waals surface area (Å²) in [5.74, 6) is -0.587. The maximum absolute atomic E-state index is 13.0. The lowest BCUT2D eigenvalue weighted by Gasteiger charge is -2.25. The van der Waals surface area contributed by atoms with Gasteiger partial charge in [-0.15, -0.1) is 0 Å². The van der Waals surface area contributed by atoms with Crippen molar-refractivity contribution in [2.45, 2.75) is 17.9 Å². The number of carbonyl (C=O) groups is 1. The third-order valence-electron chi connectivity index (χ3n) is 4.65. The molecule has 3 aromatic rings. The Balaban J connectivity index is 1.65. The van der Waals surface area contributed by atoms with Gasteiger partial charge in [0.15, 0.2) is 5.76 Å². The van der Waals surface area contributed by atoms with Crippen molar-refractivity contribution in [2.24, 2.45) is 0 Å². The van der Waals surface area contributed by atoms with Crippen LogP contribution in [0.2, 0.25) is 5.02 Å². The summed E-state index contributed by atoms with van der Waals surface area (Å²) in [5, 5.41) is 13.7. The highest BCUT2D eigenvalue weighted by Crippen LogP contribution is 2.33. The smallest absolute Gasteiger partial charge is 0.335 e. The fourth-order valence-electron chi connectivity index (χ4n) is 3.14. The van der Waals surface area contributed by atoms with Crippen LogP contribution in [0.5, 0.6) is 0 Å². The molecule has 4 rings (SSSR count). The molecule has 7 nitrogen and oxygen atoms in total. The van der Waals surface area contributed by atoms with Gasteiger partial charge < -0.3 is 9.63 Å². The van der Waals surface area contributed by atoms with Gasteiger partial charge in [0.2, 0.25) is 10.0 Å². The highest BCUT2D eigenvalue weighted by Gasteiger charge is 2.32. The molecule has 1 N–H and O–H groups in total. The van der Waals surface area contributed by atoms with Crippen LogP contribution in [0.15, 0.2) is 57.9 Å². The molecule has 2 heterocycles. The Kier molecular flexibility index (Phi) is 4.70. The van der Waals surface area contributed by atoms with Crippen molar-refractivity contribution in [1.82, 2.24) is 9.46 Å². The Morgan fingerprint density at radius 3 is 2.43 bits per heavy atom. The summed E-state index contributed by atoms with van der Waals surface area (Å²) in [6, 6.07) is 12.2. The molecule has 1 aromatic heterocycles. The lowest BCUT2D eigenvalue weighted by Crippen LogP contribution is -2.35. The second kappa shape index (κ2) is 7.05. The molecule has 1 aliphatic heterocycles. The van der Waals surface area contributed by atoms with E-state index in [1.54, 1.807) is 24.3 Å². The molecule has 144 valence electrons. The van der Waals surface area contributed by atoms with Gasteiger partial charge in [0.25, 0.3) is 0 Å². The maximum Gasteiger partial charge on any atom is 0.335 e. The highest BCUT2D eigenvalue weighted by atomic mass is 35.5. The zero-order chi connectivity index (χ0) is 19.9. The Morgan fingerprint density at radius 1 is 1.11 bits per heavy atom. The predicted octanol–water partition coefficient (Wildman–Crippen LogP) is 3.44. The number of carboxylic acids is 1. The molecule has 0 bridgehead atoms. The Labute approximate surface area is 166 Å². The van der Waals surface area contributed by atoms with Gasteiger partial charge in [-0.25, -0.2) is 13.2 Å². The van der Waals surface area contributed by atoms with Gasteiger partial charge in [-0.2, -0.15) is 4.31 Å². The van der Waals surface area contributed by atoms with E-state index >= 15 is 0 Å². The van der Waals surface area contributed by atoms with Crippen LogP contribution in [0.4, 0.5) is 0 Å². The molecule has 9 heteroatoms. The molecule has 2 aromatic carbocycles. The molecule has 1 aliphatic rings. The van der Waals surface area contributed by atoms with Crippen molar-refractivity contribution >= 4 is 27.6 Å². The minimum atomic E-state index is -3.78. The van der Waals surface area contributed by atoms with Crippen LogP contribution in [0.25, 0.3) is 11.3 Å². The molecular formula is C19H15ClN2O5S. The molecule has 0 radical (unpaired) electrons. The van der Waals surface area contributed by atoms with E-state index in [9.17, 15) is 13.2 Å².